The summed E-state index contributed by atoms with van der Waals surface area (Å²) in [5.41, 5.74) is 2.19. The minimum atomic E-state index is -1.52. The van der Waals surface area contributed by atoms with Crippen molar-refractivity contribution in [2.24, 2.45) is 0 Å². The Hall–Kier alpha value is -3.68. The average molecular weight is 385 g/mol. The maximum Gasteiger partial charge on any atom is 0.326 e. The summed E-state index contributed by atoms with van der Waals surface area (Å²) in [6, 6.07) is 9.95. The van der Waals surface area contributed by atoms with E-state index in [0.29, 0.717) is 11.3 Å². The maximum atomic E-state index is 12.1. The van der Waals surface area contributed by atoms with Crippen molar-refractivity contribution in [1.29, 1.82) is 0 Å². The molecule has 0 aliphatic carbocycles. The normalized spacial score (nSPS) is 11.3. The van der Waals surface area contributed by atoms with Crippen molar-refractivity contribution in [2.45, 2.75) is 26.0 Å². The van der Waals surface area contributed by atoms with Crippen LogP contribution < -0.4 is 10.1 Å². The summed E-state index contributed by atoms with van der Waals surface area (Å²) in [5, 5.41) is 19.9. The Kier molecular flexibility index (Phi) is 6.86. The molecule has 0 bridgehead atoms. The molecule has 3 N–H and O–H groups in total. The van der Waals surface area contributed by atoms with Gasteiger partial charge in [0.25, 0.3) is 5.91 Å². The number of benzene rings is 2. The first-order valence-electron chi connectivity index (χ1n) is 8.33. The largest absolute Gasteiger partial charge is 0.488 e. The Morgan fingerprint density at radius 1 is 1.11 bits per heavy atom. The molecule has 0 fully saturated rings. The van der Waals surface area contributed by atoms with Gasteiger partial charge in [0.1, 0.15) is 18.4 Å². The highest BCUT2D eigenvalue weighted by Gasteiger charge is 2.23. The van der Waals surface area contributed by atoms with Crippen LogP contribution in [0.3, 0.4) is 0 Å². The van der Waals surface area contributed by atoms with Crippen molar-refractivity contribution >= 4 is 24.1 Å². The summed E-state index contributed by atoms with van der Waals surface area (Å²) in [6.45, 7) is 1.97. The molecule has 2 aromatic rings. The number of hydrogen-bond donors (Lipinski definition) is 3. The zero-order valence-electron chi connectivity index (χ0n) is 15.0. The standard InChI is InChI=1S/C20H19NO7/c1-12-3-2-4-17(15(12)10-22)28-11-13-5-7-14(8-6-13)19(25)21-16(20(26)27)9-18(23)24/h2-8,10,16H,9,11H2,1H3,(H,21,25)(H,23,24)(H,26,27)/t16-/m0/s1. The molecule has 0 spiro atoms. The lowest BCUT2D eigenvalue weighted by Crippen LogP contribution is -2.42. The van der Waals surface area contributed by atoms with E-state index in [1.54, 1.807) is 37.3 Å². The fraction of sp³-hybridized carbons (Fsp3) is 0.200. The van der Waals surface area contributed by atoms with E-state index in [-0.39, 0.29) is 12.2 Å². The van der Waals surface area contributed by atoms with Crippen LogP contribution in [0.15, 0.2) is 42.5 Å². The van der Waals surface area contributed by atoms with Crippen molar-refractivity contribution in [3.8, 4) is 5.75 Å². The summed E-state index contributed by atoms with van der Waals surface area (Å²) in [7, 11) is 0. The van der Waals surface area contributed by atoms with E-state index < -0.39 is 30.3 Å². The number of hydrogen-bond acceptors (Lipinski definition) is 5. The summed E-state index contributed by atoms with van der Waals surface area (Å²) in [5.74, 6) is -2.99. The topological polar surface area (TPSA) is 130 Å². The van der Waals surface area contributed by atoms with Crippen LogP contribution in [0.2, 0.25) is 0 Å². The Morgan fingerprint density at radius 2 is 1.79 bits per heavy atom. The van der Waals surface area contributed by atoms with E-state index in [0.717, 1.165) is 17.4 Å². The van der Waals surface area contributed by atoms with Crippen LogP contribution in [0.1, 0.15) is 38.3 Å². The maximum absolute atomic E-state index is 12.1. The van der Waals surface area contributed by atoms with Crippen molar-refractivity contribution in [3.63, 3.8) is 0 Å². The fourth-order valence-corrected chi connectivity index (χ4v) is 2.46. The number of carboxylic acid groups (broad SMARTS) is 2. The van der Waals surface area contributed by atoms with Gasteiger partial charge in [0, 0.05) is 5.56 Å². The second-order valence-corrected chi connectivity index (χ2v) is 6.05. The van der Waals surface area contributed by atoms with Crippen LogP contribution in [0.25, 0.3) is 0 Å². The molecule has 1 amide bonds. The molecule has 1 atom stereocenters. The number of nitrogens with one attached hydrogen (secondary N) is 1. The molecule has 0 saturated heterocycles. The van der Waals surface area contributed by atoms with Gasteiger partial charge in [0.2, 0.25) is 0 Å². The van der Waals surface area contributed by atoms with Crippen LogP contribution in [-0.2, 0) is 16.2 Å². The highest BCUT2D eigenvalue weighted by atomic mass is 16.5. The molecule has 0 unspecified atom stereocenters. The highest BCUT2D eigenvalue weighted by molar-refractivity contribution is 5.97. The molecule has 0 radical (unpaired) electrons. The van der Waals surface area contributed by atoms with Gasteiger partial charge in [0.15, 0.2) is 6.29 Å². The third-order valence-electron chi connectivity index (χ3n) is 3.99. The van der Waals surface area contributed by atoms with E-state index >= 15 is 0 Å². The van der Waals surface area contributed by atoms with Gasteiger partial charge in [-0.2, -0.15) is 0 Å². The van der Waals surface area contributed by atoms with Crippen molar-refractivity contribution in [2.75, 3.05) is 0 Å². The molecule has 0 aromatic heterocycles. The molecule has 0 saturated carbocycles. The number of ether oxygens (including phenoxy) is 1. The number of aldehydes is 1. The molecule has 0 aliphatic heterocycles. The minimum Gasteiger partial charge on any atom is -0.488 e. The van der Waals surface area contributed by atoms with E-state index in [4.69, 9.17) is 14.9 Å². The van der Waals surface area contributed by atoms with Crippen molar-refractivity contribution < 1.29 is 34.1 Å². The second-order valence-electron chi connectivity index (χ2n) is 6.05. The highest BCUT2D eigenvalue weighted by Crippen LogP contribution is 2.21. The molecule has 146 valence electrons. The molecular weight excluding hydrogens is 366 g/mol. The van der Waals surface area contributed by atoms with Crippen molar-refractivity contribution in [3.05, 3.63) is 64.7 Å². The summed E-state index contributed by atoms with van der Waals surface area (Å²) < 4.78 is 5.66. The Balaban J connectivity index is 2.02. The predicted octanol–water partition coefficient (Wildman–Crippen LogP) is 2.04. The quantitative estimate of drug-likeness (QED) is 0.563. The number of carbonyl (C=O) groups excluding carboxylic acids is 2. The second kappa shape index (κ2) is 9.31. The monoisotopic (exact) mass is 385 g/mol. The molecule has 28 heavy (non-hydrogen) atoms. The minimum absolute atomic E-state index is 0.170. The first-order valence-corrected chi connectivity index (χ1v) is 8.33. The van der Waals surface area contributed by atoms with Gasteiger partial charge in [-0.25, -0.2) is 4.79 Å². The summed E-state index contributed by atoms with van der Waals surface area (Å²) in [4.78, 5) is 45.0. The van der Waals surface area contributed by atoms with Gasteiger partial charge in [-0.1, -0.05) is 24.3 Å². The Bertz CT molecular complexity index is 890. The van der Waals surface area contributed by atoms with Crippen LogP contribution in [0.4, 0.5) is 0 Å². The van der Waals surface area contributed by atoms with Gasteiger partial charge in [-0.15, -0.1) is 0 Å². The number of rotatable bonds is 9. The van der Waals surface area contributed by atoms with Crippen LogP contribution in [0, 0.1) is 6.92 Å². The Labute approximate surface area is 160 Å². The van der Waals surface area contributed by atoms with Gasteiger partial charge in [-0.3, -0.25) is 14.4 Å². The molecule has 0 aliphatic rings. The number of aryl methyl sites for hydroxylation is 1. The van der Waals surface area contributed by atoms with E-state index in [9.17, 15) is 19.2 Å². The fourth-order valence-electron chi connectivity index (χ4n) is 2.46. The number of aliphatic carboxylic acids is 2. The smallest absolute Gasteiger partial charge is 0.326 e. The van der Waals surface area contributed by atoms with Crippen LogP contribution >= 0.6 is 0 Å². The third kappa shape index (κ3) is 5.41. The molecular formula is C20H19NO7. The zero-order valence-corrected chi connectivity index (χ0v) is 15.0. The van der Waals surface area contributed by atoms with E-state index in [1.807, 2.05) is 0 Å². The third-order valence-corrected chi connectivity index (χ3v) is 3.99. The molecule has 2 rings (SSSR count). The molecule has 2 aromatic carbocycles. The van der Waals surface area contributed by atoms with Crippen LogP contribution in [-0.4, -0.2) is 40.4 Å². The average Bonchev–Trinajstić information content (AvgIpc) is 2.65. The summed E-state index contributed by atoms with van der Waals surface area (Å²) in [6.07, 6.45) is 0.0106. The molecule has 8 heteroatoms. The molecule has 0 heterocycles. The van der Waals surface area contributed by atoms with Gasteiger partial charge >= 0.3 is 11.9 Å². The first kappa shape index (κ1) is 20.6. The SMILES string of the molecule is Cc1cccc(OCc2ccc(C(=O)N[C@@H](CC(=O)O)C(=O)O)cc2)c1C=O. The Morgan fingerprint density at radius 3 is 2.36 bits per heavy atom. The zero-order chi connectivity index (χ0) is 20.7. The van der Waals surface area contributed by atoms with E-state index in [2.05, 4.69) is 5.32 Å². The predicted molar refractivity (Wildman–Crippen MR) is 98.5 cm³/mol. The summed E-state index contributed by atoms with van der Waals surface area (Å²) >= 11 is 0. The number of amides is 1. The number of carboxylic acids is 2. The lowest BCUT2D eigenvalue weighted by molar-refractivity contribution is -0.145. The van der Waals surface area contributed by atoms with Gasteiger partial charge in [0.05, 0.1) is 12.0 Å². The van der Waals surface area contributed by atoms with Crippen molar-refractivity contribution in [1.82, 2.24) is 5.32 Å². The molecule has 8 nitrogen and oxygen atoms in total. The van der Waals surface area contributed by atoms with E-state index in [1.165, 1.54) is 12.1 Å². The first-order chi connectivity index (χ1) is 13.3. The van der Waals surface area contributed by atoms with Crippen LogP contribution in [0.5, 0.6) is 5.75 Å². The lowest BCUT2D eigenvalue weighted by atomic mass is 10.1. The van der Waals surface area contributed by atoms with Gasteiger partial charge < -0.3 is 20.3 Å². The van der Waals surface area contributed by atoms with Gasteiger partial charge in [-0.05, 0) is 36.2 Å². The number of carbonyl (C=O) groups is 4. The lowest BCUT2D eigenvalue weighted by Gasteiger charge is -2.13.